The Bertz CT molecular complexity index is 1160. The molecule has 2 heterocycles. The lowest BCUT2D eigenvalue weighted by Crippen LogP contribution is -2.28. The van der Waals surface area contributed by atoms with E-state index in [9.17, 15) is 0 Å². The molecule has 0 amide bonds. The second kappa shape index (κ2) is 20.9. The van der Waals surface area contributed by atoms with Crippen molar-refractivity contribution in [2.75, 3.05) is 0 Å². The largest absolute Gasteiger partial charge is 0.345 e. The molecule has 304 valence electrons. The third kappa shape index (κ3) is 12.7. The van der Waals surface area contributed by atoms with Gasteiger partial charge in [-0.2, -0.15) is 0 Å². The van der Waals surface area contributed by atoms with E-state index in [1.165, 1.54) is 124 Å². The smallest absolute Gasteiger partial charge is 0.112 e. The van der Waals surface area contributed by atoms with Crippen molar-refractivity contribution in [3.63, 3.8) is 0 Å². The molecule has 0 radical (unpaired) electrons. The first-order valence-electron chi connectivity index (χ1n) is 22.4. The molecule has 0 atom stereocenters. The van der Waals surface area contributed by atoms with Crippen LogP contribution < -0.4 is 0 Å². The minimum Gasteiger partial charge on any atom is -0.345 e. The molecule has 0 aliphatic carbocycles. The van der Waals surface area contributed by atoms with Gasteiger partial charge in [0.1, 0.15) is 11.6 Å². The molecule has 0 aromatic carbocycles. The molecule has 2 aromatic heterocycles. The zero-order valence-electron chi connectivity index (χ0n) is 38.6. The highest BCUT2D eigenvalue weighted by Crippen LogP contribution is 2.43. The van der Waals surface area contributed by atoms with Crippen LogP contribution in [0.25, 0.3) is 0 Å². The van der Waals surface area contributed by atoms with E-state index < -0.39 is 0 Å². The number of imidazole rings is 2. The standard InChI is InChI=1S/2C24H46N2/c2*1-10-14-16-18-22(5,6)19-20(24(9,12-3)13-4)26-21(25-19)23(7,8)17-15-11-2/h2*10-18H2,1-9H3,(H,25,26). The maximum Gasteiger partial charge on any atom is 0.112 e. The first-order chi connectivity index (χ1) is 24.1. The van der Waals surface area contributed by atoms with E-state index in [0.717, 1.165) is 25.7 Å². The predicted molar refractivity (Wildman–Crippen MR) is 232 cm³/mol. The number of hydrogen-bond donors (Lipinski definition) is 2. The summed E-state index contributed by atoms with van der Waals surface area (Å²) in [4.78, 5) is 18.3. The van der Waals surface area contributed by atoms with Crippen molar-refractivity contribution in [3.05, 3.63) is 34.4 Å². The molecule has 2 aromatic rings. The molecule has 2 N–H and O–H groups in total. The summed E-state index contributed by atoms with van der Waals surface area (Å²) < 4.78 is 0. The van der Waals surface area contributed by atoms with Crippen molar-refractivity contribution in [3.8, 4) is 0 Å². The van der Waals surface area contributed by atoms with E-state index >= 15 is 0 Å². The lowest BCUT2D eigenvalue weighted by Gasteiger charge is -2.32. The minimum atomic E-state index is 0.116. The van der Waals surface area contributed by atoms with Gasteiger partial charge in [-0.3, -0.25) is 0 Å². The minimum absolute atomic E-state index is 0.116. The summed E-state index contributed by atoms with van der Waals surface area (Å²) in [7, 11) is 0. The van der Waals surface area contributed by atoms with Gasteiger partial charge in [0.25, 0.3) is 0 Å². The number of aromatic nitrogens is 4. The lowest BCUT2D eigenvalue weighted by molar-refractivity contribution is 0.389. The summed E-state index contributed by atoms with van der Waals surface area (Å²) in [6, 6.07) is 0. The highest BCUT2D eigenvalue weighted by atomic mass is 15.0. The quantitative estimate of drug-likeness (QED) is 0.106. The van der Waals surface area contributed by atoms with Crippen LogP contribution in [0.5, 0.6) is 0 Å². The second-order valence-corrected chi connectivity index (χ2v) is 19.8. The number of nitrogens with one attached hydrogen (secondary N) is 2. The van der Waals surface area contributed by atoms with Crippen LogP contribution in [0.1, 0.15) is 275 Å². The average Bonchev–Trinajstić information content (AvgIpc) is 3.79. The molecule has 4 heteroatoms. The molecule has 0 bridgehead atoms. The number of unbranched alkanes of at least 4 members (excludes halogenated alkanes) is 6. The average molecular weight is 725 g/mol. The van der Waals surface area contributed by atoms with E-state index in [1.807, 2.05) is 0 Å². The van der Waals surface area contributed by atoms with Crippen molar-refractivity contribution < 1.29 is 0 Å². The molecule has 0 saturated heterocycles. The van der Waals surface area contributed by atoms with Gasteiger partial charge in [0.15, 0.2) is 0 Å². The number of hydrogen-bond acceptors (Lipinski definition) is 2. The van der Waals surface area contributed by atoms with Crippen LogP contribution >= 0.6 is 0 Å². The molecular formula is C48H92N4. The fourth-order valence-corrected chi connectivity index (χ4v) is 7.79. The van der Waals surface area contributed by atoms with E-state index in [-0.39, 0.29) is 32.5 Å². The monoisotopic (exact) mass is 725 g/mol. The van der Waals surface area contributed by atoms with E-state index in [0.29, 0.717) is 0 Å². The molecule has 0 aliphatic heterocycles. The SMILES string of the molecule is CCCCCC(C)(C)c1nc(C(C)(C)CCCC)[nH]c1C(C)(CC)CC.CCCCCC(C)(C)c1nc(C(C)(C)CCCC)[nH]c1C(C)(CC)CC. The van der Waals surface area contributed by atoms with E-state index in [1.54, 1.807) is 0 Å². The summed E-state index contributed by atoms with van der Waals surface area (Å²) in [5, 5.41) is 0. The first kappa shape index (κ1) is 48.4. The van der Waals surface area contributed by atoms with Crippen molar-refractivity contribution in [2.45, 2.75) is 273 Å². The maximum atomic E-state index is 5.29. The van der Waals surface area contributed by atoms with Crippen molar-refractivity contribution in [1.82, 2.24) is 19.9 Å². The molecule has 4 nitrogen and oxygen atoms in total. The van der Waals surface area contributed by atoms with Crippen LogP contribution in [0.3, 0.4) is 0 Å². The molecule has 0 aliphatic rings. The van der Waals surface area contributed by atoms with Crippen LogP contribution in [0.4, 0.5) is 0 Å². The molecule has 52 heavy (non-hydrogen) atoms. The lowest BCUT2D eigenvalue weighted by atomic mass is 9.74. The summed E-state index contributed by atoms with van der Waals surface area (Å²) in [6.45, 7) is 42.2. The van der Waals surface area contributed by atoms with Crippen LogP contribution in [0.15, 0.2) is 0 Å². The predicted octanol–water partition coefficient (Wildman–Crippen LogP) is 15.6. The van der Waals surface area contributed by atoms with Gasteiger partial charge in [-0.05, 0) is 51.4 Å². The fourth-order valence-electron chi connectivity index (χ4n) is 7.79. The molecule has 0 spiro atoms. The normalized spacial score (nSPS) is 13.4. The summed E-state index contributed by atoms with van der Waals surface area (Å²) in [6.07, 6.45) is 22.2. The Labute approximate surface area is 326 Å². The van der Waals surface area contributed by atoms with E-state index in [4.69, 9.17) is 9.97 Å². The number of H-pyrrole nitrogens is 2. The Morgan fingerprint density at radius 1 is 0.365 bits per heavy atom. The van der Waals surface area contributed by atoms with Crippen LogP contribution in [-0.4, -0.2) is 19.9 Å². The first-order valence-corrected chi connectivity index (χ1v) is 22.4. The Balaban J connectivity index is 0.000000520. The zero-order valence-corrected chi connectivity index (χ0v) is 38.6. The van der Waals surface area contributed by atoms with Crippen LogP contribution in [-0.2, 0) is 32.5 Å². The van der Waals surface area contributed by atoms with Gasteiger partial charge in [0.05, 0.1) is 11.4 Å². The number of rotatable bonds is 24. The van der Waals surface area contributed by atoms with Gasteiger partial charge in [0, 0.05) is 43.9 Å². The Kier molecular flexibility index (Phi) is 19.5. The van der Waals surface area contributed by atoms with Crippen molar-refractivity contribution >= 4 is 0 Å². The summed E-state index contributed by atoms with van der Waals surface area (Å²) >= 11 is 0. The third-order valence-corrected chi connectivity index (χ3v) is 13.4. The van der Waals surface area contributed by atoms with Gasteiger partial charge in [-0.25, -0.2) is 9.97 Å². The highest BCUT2D eigenvalue weighted by Gasteiger charge is 2.39. The highest BCUT2D eigenvalue weighted by molar-refractivity contribution is 5.33. The number of aromatic amines is 2. The van der Waals surface area contributed by atoms with Crippen molar-refractivity contribution in [2.24, 2.45) is 0 Å². The third-order valence-electron chi connectivity index (χ3n) is 13.4. The van der Waals surface area contributed by atoms with Crippen molar-refractivity contribution in [1.29, 1.82) is 0 Å². The van der Waals surface area contributed by atoms with Gasteiger partial charge < -0.3 is 9.97 Å². The zero-order chi connectivity index (χ0) is 40.0. The Morgan fingerprint density at radius 3 is 0.885 bits per heavy atom. The summed E-state index contributed by atoms with van der Waals surface area (Å²) in [5.41, 5.74) is 6.34. The maximum absolute atomic E-state index is 5.29. The Morgan fingerprint density at radius 2 is 0.635 bits per heavy atom. The molecular weight excluding hydrogens is 633 g/mol. The van der Waals surface area contributed by atoms with Crippen LogP contribution in [0.2, 0.25) is 0 Å². The van der Waals surface area contributed by atoms with Crippen LogP contribution in [0, 0.1) is 0 Å². The second-order valence-electron chi connectivity index (χ2n) is 19.8. The summed E-state index contributed by atoms with van der Waals surface area (Å²) in [5.74, 6) is 2.40. The fraction of sp³-hybridized carbons (Fsp3) is 0.875. The molecule has 2 rings (SSSR count). The molecule has 0 unspecified atom stereocenters. The van der Waals surface area contributed by atoms with Gasteiger partial charge in [0.2, 0.25) is 0 Å². The Hall–Kier alpha value is -1.58. The van der Waals surface area contributed by atoms with E-state index in [2.05, 4.69) is 135 Å². The topological polar surface area (TPSA) is 57.4 Å². The molecule has 0 fully saturated rings. The van der Waals surface area contributed by atoms with Gasteiger partial charge in [-0.15, -0.1) is 0 Å². The van der Waals surface area contributed by atoms with Gasteiger partial charge >= 0.3 is 0 Å². The van der Waals surface area contributed by atoms with Gasteiger partial charge in [-0.1, -0.05) is 189 Å². The number of nitrogens with zero attached hydrogens (tertiary/aromatic N) is 2. The molecule has 0 saturated carbocycles.